The van der Waals surface area contributed by atoms with Gasteiger partial charge >= 0.3 is 5.97 Å². The second kappa shape index (κ2) is 6.53. The molecular formula is C14H18FN3O3. The van der Waals surface area contributed by atoms with E-state index in [-0.39, 0.29) is 23.6 Å². The molecule has 1 aromatic rings. The molecule has 2 rings (SSSR count). The number of carboxylic acids is 1. The lowest BCUT2D eigenvalue weighted by molar-refractivity contribution is -0.137. The van der Waals surface area contributed by atoms with Gasteiger partial charge in [0.25, 0.3) is 5.91 Å². The molecule has 1 fully saturated rings. The molecule has 7 heteroatoms. The number of piperazine rings is 1. The SMILES string of the molecule is Nc1ccc(C(=O)N2CCN(CCC(=O)O)CC2)c(F)c1. The molecule has 0 aromatic heterocycles. The number of nitrogen functional groups attached to an aromatic ring is 1. The number of hydrogen-bond acceptors (Lipinski definition) is 4. The first-order chi connectivity index (χ1) is 9.97. The predicted octanol–water partition coefficient (Wildman–Crippen LogP) is 0.640. The van der Waals surface area contributed by atoms with Crippen molar-refractivity contribution in [2.75, 3.05) is 38.5 Å². The fourth-order valence-corrected chi connectivity index (χ4v) is 2.30. The van der Waals surface area contributed by atoms with E-state index >= 15 is 0 Å². The summed E-state index contributed by atoms with van der Waals surface area (Å²) in [7, 11) is 0. The highest BCUT2D eigenvalue weighted by molar-refractivity contribution is 5.94. The van der Waals surface area contributed by atoms with Crippen LogP contribution in [0.15, 0.2) is 18.2 Å². The number of carboxylic acid groups (broad SMARTS) is 1. The van der Waals surface area contributed by atoms with E-state index in [1.165, 1.54) is 12.1 Å². The van der Waals surface area contributed by atoms with E-state index in [0.717, 1.165) is 6.07 Å². The monoisotopic (exact) mass is 295 g/mol. The Kier molecular flexibility index (Phi) is 4.74. The van der Waals surface area contributed by atoms with Crippen LogP contribution in [0.5, 0.6) is 0 Å². The second-order valence-electron chi connectivity index (χ2n) is 5.02. The molecule has 0 bridgehead atoms. The van der Waals surface area contributed by atoms with Gasteiger partial charge in [-0.1, -0.05) is 0 Å². The minimum Gasteiger partial charge on any atom is -0.481 e. The molecule has 1 saturated heterocycles. The van der Waals surface area contributed by atoms with Crippen molar-refractivity contribution < 1.29 is 19.1 Å². The summed E-state index contributed by atoms with van der Waals surface area (Å²) in [6.07, 6.45) is 0.0839. The van der Waals surface area contributed by atoms with Crippen molar-refractivity contribution in [1.29, 1.82) is 0 Å². The van der Waals surface area contributed by atoms with Gasteiger partial charge < -0.3 is 15.7 Å². The van der Waals surface area contributed by atoms with Crippen LogP contribution in [0, 0.1) is 5.82 Å². The van der Waals surface area contributed by atoms with E-state index in [9.17, 15) is 14.0 Å². The number of nitrogens with two attached hydrogens (primary N) is 1. The minimum absolute atomic E-state index is 0.0168. The minimum atomic E-state index is -0.836. The van der Waals surface area contributed by atoms with Crippen LogP contribution >= 0.6 is 0 Å². The average Bonchev–Trinajstić information content (AvgIpc) is 2.45. The van der Waals surface area contributed by atoms with Crippen LogP contribution in [-0.4, -0.2) is 59.5 Å². The number of anilines is 1. The number of hydrogen-bond donors (Lipinski definition) is 2. The number of carbonyl (C=O) groups excluding carboxylic acids is 1. The van der Waals surface area contributed by atoms with Crippen molar-refractivity contribution in [3.63, 3.8) is 0 Å². The van der Waals surface area contributed by atoms with Gasteiger partial charge in [-0.05, 0) is 18.2 Å². The van der Waals surface area contributed by atoms with Crippen molar-refractivity contribution in [2.45, 2.75) is 6.42 Å². The van der Waals surface area contributed by atoms with Gasteiger partial charge in [-0.15, -0.1) is 0 Å². The normalized spacial score (nSPS) is 16.0. The fraction of sp³-hybridized carbons (Fsp3) is 0.429. The third-order valence-electron chi connectivity index (χ3n) is 3.52. The zero-order valence-electron chi connectivity index (χ0n) is 11.6. The van der Waals surface area contributed by atoms with E-state index in [2.05, 4.69) is 0 Å². The number of halogens is 1. The highest BCUT2D eigenvalue weighted by Crippen LogP contribution is 2.15. The molecule has 0 spiro atoms. The van der Waals surface area contributed by atoms with Crippen LogP contribution < -0.4 is 5.73 Å². The summed E-state index contributed by atoms with van der Waals surface area (Å²) >= 11 is 0. The first-order valence-electron chi connectivity index (χ1n) is 6.76. The molecule has 0 radical (unpaired) electrons. The largest absolute Gasteiger partial charge is 0.481 e. The Morgan fingerprint density at radius 3 is 2.48 bits per heavy atom. The van der Waals surface area contributed by atoms with Crippen LogP contribution in [-0.2, 0) is 4.79 Å². The summed E-state index contributed by atoms with van der Waals surface area (Å²) < 4.78 is 13.7. The Bertz CT molecular complexity index is 542. The van der Waals surface area contributed by atoms with Gasteiger partial charge in [0.05, 0.1) is 12.0 Å². The average molecular weight is 295 g/mol. The summed E-state index contributed by atoms with van der Waals surface area (Å²) in [5, 5.41) is 8.64. The molecule has 0 aliphatic carbocycles. The Morgan fingerprint density at radius 2 is 1.90 bits per heavy atom. The predicted molar refractivity (Wildman–Crippen MR) is 75.4 cm³/mol. The molecule has 114 valence electrons. The maximum Gasteiger partial charge on any atom is 0.304 e. The van der Waals surface area contributed by atoms with Gasteiger partial charge in [0, 0.05) is 38.4 Å². The third kappa shape index (κ3) is 3.91. The fourth-order valence-electron chi connectivity index (χ4n) is 2.30. The number of carbonyl (C=O) groups is 2. The van der Waals surface area contributed by atoms with E-state index in [1.54, 1.807) is 4.90 Å². The third-order valence-corrected chi connectivity index (χ3v) is 3.52. The molecule has 21 heavy (non-hydrogen) atoms. The van der Waals surface area contributed by atoms with Gasteiger partial charge in [-0.2, -0.15) is 0 Å². The van der Waals surface area contributed by atoms with Crippen molar-refractivity contribution >= 4 is 17.6 Å². The van der Waals surface area contributed by atoms with Gasteiger partial charge in [0.2, 0.25) is 0 Å². The maximum absolute atomic E-state index is 13.7. The van der Waals surface area contributed by atoms with Crippen LogP contribution in [0.25, 0.3) is 0 Å². The lowest BCUT2D eigenvalue weighted by Gasteiger charge is -2.34. The van der Waals surface area contributed by atoms with Gasteiger partial charge in [0.15, 0.2) is 0 Å². The smallest absolute Gasteiger partial charge is 0.304 e. The van der Waals surface area contributed by atoms with E-state index in [4.69, 9.17) is 10.8 Å². The molecule has 1 amide bonds. The van der Waals surface area contributed by atoms with Crippen molar-refractivity contribution in [3.05, 3.63) is 29.6 Å². The molecule has 0 saturated carbocycles. The quantitative estimate of drug-likeness (QED) is 0.796. The van der Waals surface area contributed by atoms with E-state index < -0.39 is 11.8 Å². The first-order valence-corrected chi connectivity index (χ1v) is 6.76. The number of aliphatic carboxylic acids is 1. The standard InChI is InChI=1S/C14H18FN3O3/c15-12-9-10(16)1-2-11(12)14(21)18-7-5-17(6-8-18)4-3-13(19)20/h1-2,9H,3-8,16H2,(H,19,20). The Balaban J connectivity index is 1.92. The molecule has 1 aliphatic rings. The lowest BCUT2D eigenvalue weighted by Crippen LogP contribution is -2.49. The zero-order chi connectivity index (χ0) is 15.4. The van der Waals surface area contributed by atoms with Crippen molar-refractivity contribution in [2.24, 2.45) is 0 Å². The Labute approximate surface area is 121 Å². The van der Waals surface area contributed by atoms with E-state index in [0.29, 0.717) is 32.7 Å². The number of nitrogens with zero attached hydrogens (tertiary/aromatic N) is 2. The summed E-state index contributed by atoms with van der Waals surface area (Å²) in [4.78, 5) is 26.3. The Hall–Kier alpha value is -2.15. The topological polar surface area (TPSA) is 86.9 Å². The van der Waals surface area contributed by atoms with E-state index in [1.807, 2.05) is 4.90 Å². The summed E-state index contributed by atoms with van der Waals surface area (Å²) in [6.45, 7) is 2.57. The van der Waals surface area contributed by atoms with Crippen LogP contribution in [0.1, 0.15) is 16.8 Å². The molecular weight excluding hydrogens is 277 g/mol. The molecule has 3 N–H and O–H groups in total. The highest BCUT2D eigenvalue weighted by atomic mass is 19.1. The molecule has 6 nitrogen and oxygen atoms in total. The Morgan fingerprint density at radius 1 is 1.24 bits per heavy atom. The summed E-state index contributed by atoms with van der Waals surface area (Å²) in [6, 6.07) is 4.03. The van der Waals surface area contributed by atoms with Crippen molar-refractivity contribution in [1.82, 2.24) is 9.80 Å². The highest BCUT2D eigenvalue weighted by Gasteiger charge is 2.24. The molecule has 0 atom stereocenters. The van der Waals surface area contributed by atoms with Crippen molar-refractivity contribution in [3.8, 4) is 0 Å². The first kappa shape index (κ1) is 15.2. The summed E-state index contributed by atoms with van der Waals surface area (Å²) in [5.74, 6) is -1.81. The number of benzene rings is 1. The molecule has 1 aliphatic heterocycles. The van der Waals surface area contributed by atoms with Gasteiger partial charge in [-0.3, -0.25) is 14.5 Å². The van der Waals surface area contributed by atoms with Gasteiger partial charge in [0.1, 0.15) is 5.82 Å². The molecule has 1 heterocycles. The van der Waals surface area contributed by atoms with Gasteiger partial charge in [-0.25, -0.2) is 4.39 Å². The second-order valence-corrected chi connectivity index (χ2v) is 5.02. The number of amides is 1. The lowest BCUT2D eigenvalue weighted by atomic mass is 10.1. The van der Waals surface area contributed by atoms with Crippen LogP contribution in [0.3, 0.4) is 0 Å². The molecule has 1 aromatic carbocycles. The maximum atomic E-state index is 13.7. The summed E-state index contributed by atoms with van der Waals surface area (Å²) in [5.41, 5.74) is 5.76. The molecule has 0 unspecified atom stereocenters. The van der Waals surface area contributed by atoms with Crippen LogP contribution in [0.4, 0.5) is 10.1 Å². The zero-order valence-corrected chi connectivity index (χ0v) is 11.6. The van der Waals surface area contributed by atoms with Crippen LogP contribution in [0.2, 0.25) is 0 Å². The number of rotatable bonds is 4.